The summed E-state index contributed by atoms with van der Waals surface area (Å²) >= 11 is 3.19. The first-order valence-electron chi connectivity index (χ1n) is 8.31. The van der Waals surface area contributed by atoms with E-state index in [1.165, 1.54) is 17.7 Å². The first-order chi connectivity index (χ1) is 12.2. The molecule has 2 aromatic heterocycles. The van der Waals surface area contributed by atoms with Crippen LogP contribution in [0, 0.1) is 0 Å². The summed E-state index contributed by atoms with van der Waals surface area (Å²) in [6, 6.07) is 5.80. The Balaban J connectivity index is 1.71. The van der Waals surface area contributed by atoms with Gasteiger partial charge in [-0.25, -0.2) is 4.98 Å². The minimum absolute atomic E-state index is 0.357. The van der Waals surface area contributed by atoms with Crippen molar-refractivity contribution in [2.45, 2.75) is 32.1 Å². The molecular weight excluding hydrogens is 354 g/mol. The average Bonchev–Trinajstić information content (AvgIpc) is 3.07. The van der Waals surface area contributed by atoms with E-state index in [1.54, 1.807) is 29.8 Å². The van der Waals surface area contributed by atoms with Crippen LogP contribution in [0.25, 0.3) is 10.2 Å². The normalized spacial score (nSPS) is 14.1. The van der Waals surface area contributed by atoms with Crippen LogP contribution in [0.5, 0.6) is 5.75 Å². The zero-order valence-corrected chi connectivity index (χ0v) is 15.6. The van der Waals surface area contributed by atoms with Crippen LogP contribution in [0.4, 0.5) is 10.1 Å². The molecule has 0 saturated heterocycles. The summed E-state index contributed by atoms with van der Waals surface area (Å²) < 4.78 is 6.31. The number of thiazole rings is 1. The average molecular weight is 374 g/mol. The fourth-order valence-corrected chi connectivity index (χ4v) is 5.53. The highest BCUT2D eigenvalue weighted by atomic mass is 32.1. The Kier molecular flexibility index (Phi) is 4.35. The summed E-state index contributed by atoms with van der Waals surface area (Å²) in [5.41, 5.74) is 8.40. The molecule has 1 amide bonds. The van der Waals surface area contributed by atoms with Gasteiger partial charge in [-0.05, 0) is 49.4 Å². The fourth-order valence-electron chi connectivity index (χ4n) is 3.27. The molecule has 0 saturated carbocycles. The molecule has 5 nitrogen and oxygen atoms in total. The smallest absolute Gasteiger partial charge is 0.251 e. The van der Waals surface area contributed by atoms with Crippen LogP contribution in [0.2, 0.25) is 0 Å². The Morgan fingerprint density at radius 3 is 2.88 bits per heavy atom. The summed E-state index contributed by atoms with van der Waals surface area (Å²) in [4.78, 5) is 18.0. The number of rotatable bonds is 4. The van der Waals surface area contributed by atoms with Gasteiger partial charge in [0.15, 0.2) is 5.13 Å². The molecule has 3 N–H and O–H groups in total. The number of hydrogen-bond donors (Lipinski definition) is 2. The molecule has 4 rings (SSSR count). The largest absolute Gasteiger partial charge is 0.497 e. The van der Waals surface area contributed by atoms with E-state index in [9.17, 15) is 4.79 Å². The lowest BCUT2D eigenvalue weighted by atomic mass is 10.1. The van der Waals surface area contributed by atoms with Crippen molar-refractivity contribution in [2.24, 2.45) is 5.73 Å². The summed E-state index contributed by atoms with van der Waals surface area (Å²) in [6.07, 6.45) is 5.46. The van der Waals surface area contributed by atoms with Gasteiger partial charge in [0, 0.05) is 4.88 Å². The summed E-state index contributed by atoms with van der Waals surface area (Å²) in [5, 5.41) is 4.93. The summed E-state index contributed by atoms with van der Waals surface area (Å²) in [5.74, 6) is 0.452. The number of fused-ring (bicyclic) bond motifs is 2. The molecule has 1 aliphatic carbocycles. The quantitative estimate of drug-likeness (QED) is 0.661. The second kappa shape index (κ2) is 6.65. The molecule has 0 atom stereocenters. The molecule has 130 valence electrons. The molecule has 1 aliphatic rings. The molecule has 25 heavy (non-hydrogen) atoms. The van der Waals surface area contributed by atoms with Gasteiger partial charge in [0.05, 0.1) is 22.9 Å². The Morgan fingerprint density at radius 1 is 1.24 bits per heavy atom. The minimum atomic E-state index is -0.357. The van der Waals surface area contributed by atoms with Crippen LogP contribution in [0.3, 0.4) is 0 Å². The number of aromatic nitrogens is 1. The number of primary amides is 1. The number of carbonyl (C=O) groups excluding carboxylic acids is 1. The standard InChI is InChI=1S/C18H19N3O2S2/c1-23-10-7-8-12-14(9-10)25-18(20-12)21-17-15(16(19)22)11-5-3-2-4-6-13(11)24-17/h7-9H,2-6H2,1H3,(H2,19,22)(H,20,21). The molecule has 0 aliphatic heterocycles. The van der Waals surface area contributed by atoms with E-state index >= 15 is 0 Å². The second-order valence-electron chi connectivity index (χ2n) is 6.11. The predicted molar refractivity (Wildman–Crippen MR) is 104 cm³/mol. The number of anilines is 2. The Bertz CT molecular complexity index is 945. The number of benzene rings is 1. The minimum Gasteiger partial charge on any atom is -0.497 e. The lowest BCUT2D eigenvalue weighted by molar-refractivity contribution is 0.100. The number of methoxy groups -OCH3 is 1. The van der Waals surface area contributed by atoms with Crippen molar-refractivity contribution in [3.8, 4) is 5.75 Å². The third-order valence-electron chi connectivity index (χ3n) is 4.48. The summed E-state index contributed by atoms with van der Waals surface area (Å²) in [6.45, 7) is 0. The molecule has 3 aromatic rings. The van der Waals surface area contributed by atoms with E-state index in [0.717, 1.165) is 50.9 Å². The Labute approximate surface area is 153 Å². The number of thiophene rings is 1. The molecule has 2 heterocycles. The maximum absolute atomic E-state index is 12.1. The number of aryl methyl sites for hydroxylation is 1. The van der Waals surface area contributed by atoms with Crippen molar-refractivity contribution in [3.63, 3.8) is 0 Å². The predicted octanol–water partition coefficient (Wildman–Crippen LogP) is 4.48. The highest BCUT2D eigenvalue weighted by molar-refractivity contribution is 7.23. The van der Waals surface area contributed by atoms with Crippen LogP contribution in [-0.2, 0) is 12.8 Å². The monoisotopic (exact) mass is 373 g/mol. The number of hydrogen-bond acceptors (Lipinski definition) is 6. The van der Waals surface area contributed by atoms with E-state index in [-0.39, 0.29) is 5.91 Å². The Morgan fingerprint density at radius 2 is 2.08 bits per heavy atom. The van der Waals surface area contributed by atoms with Crippen molar-refractivity contribution in [1.82, 2.24) is 4.98 Å². The fraction of sp³-hybridized carbons (Fsp3) is 0.333. The number of amides is 1. The highest BCUT2D eigenvalue weighted by Crippen LogP contribution is 2.40. The Hall–Kier alpha value is -2.12. The zero-order chi connectivity index (χ0) is 17.4. The van der Waals surface area contributed by atoms with Crippen LogP contribution >= 0.6 is 22.7 Å². The van der Waals surface area contributed by atoms with Crippen molar-refractivity contribution >= 4 is 48.9 Å². The van der Waals surface area contributed by atoms with E-state index in [4.69, 9.17) is 10.5 Å². The lowest BCUT2D eigenvalue weighted by Gasteiger charge is -2.04. The second-order valence-corrected chi connectivity index (χ2v) is 8.25. The van der Waals surface area contributed by atoms with Crippen LogP contribution < -0.4 is 15.8 Å². The molecule has 0 unspecified atom stereocenters. The van der Waals surface area contributed by atoms with Gasteiger partial charge in [-0.3, -0.25) is 4.79 Å². The number of nitrogens with zero attached hydrogens (tertiary/aromatic N) is 1. The number of nitrogens with two attached hydrogens (primary N) is 1. The number of ether oxygens (including phenoxy) is 1. The van der Waals surface area contributed by atoms with Gasteiger partial charge in [-0.1, -0.05) is 17.8 Å². The van der Waals surface area contributed by atoms with Gasteiger partial charge in [-0.2, -0.15) is 0 Å². The van der Waals surface area contributed by atoms with Gasteiger partial charge in [0.2, 0.25) is 0 Å². The molecule has 1 aromatic carbocycles. The maximum atomic E-state index is 12.1. The summed E-state index contributed by atoms with van der Waals surface area (Å²) in [7, 11) is 1.65. The lowest BCUT2D eigenvalue weighted by Crippen LogP contribution is -2.14. The van der Waals surface area contributed by atoms with Gasteiger partial charge in [0.1, 0.15) is 10.8 Å². The third-order valence-corrected chi connectivity index (χ3v) is 6.62. The topological polar surface area (TPSA) is 77.2 Å². The molecular formula is C18H19N3O2S2. The van der Waals surface area contributed by atoms with Gasteiger partial charge < -0.3 is 15.8 Å². The first-order valence-corrected chi connectivity index (χ1v) is 9.95. The van der Waals surface area contributed by atoms with Gasteiger partial charge >= 0.3 is 0 Å². The zero-order valence-electron chi connectivity index (χ0n) is 13.9. The van der Waals surface area contributed by atoms with Crippen LogP contribution in [0.1, 0.15) is 40.1 Å². The first kappa shape index (κ1) is 16.4. The van der Waals surface area contributed by atoms with Crippen LogP contribution in [-0.4, -0.2) is 18.0 Å². The number of nitrogens with one attached hydrogen (secondary N) is 1. The van der Waals surface area contributed by atoms with E-state index in [1.807, 2.05) is 18.2 Å². The molecule has 0 radical (unpaired) electrons. The number of carbonyl (C=O) groups is 1. The molecule has 0 bridgehead atoms. The van der Waals surface area contributed by atoms with Gasteiger partial charge in [-0.15, -0.1) is 11.3 Å². The van der Waals surface area contributed by atoms with Crippen molar-refractivity contribution in [3.05, 3.63) is 34.2 Å². The molecule has 0 fully saturated rings. The molecule has 7 heteroatoms. The maximum Gasteiger partial charge on any atom is 0.251 e. The third kappa shape index (κ3) is 3.09. The van der Waals surface area contributed by atoms with Gasteiger partial charge in [0.25, 0.3) is 5.91 Å². The van der Waals surface area contributed by atoms with E-state index in [2.05, 4.69) is 10.3 Å². The SMILES string of the molecule is COc1ccc2nc(Nc3sc4c(c3C(N)=O)CCCCC4)sc2c1. The highest BCUT2D eigenvalue weighted by Gasteiger charge is 2.23. The molecule has 0 spiro atoms. The van der Waals surface area contributed by atoms with Crippen molar-refractivity contribution in [1.29, 1.82) is 0 Å². The van der Waals surface area contributed by atoms with Crippen LogP contribution in [0.15, 0.2) is 18.2 Å². The van der Waals surface area contributed by atoms with Crippen molar-refractivity contribution in [2.75, 3.05) is 12.4 Å². The van der Waals surface area contributed by atoms with E-state index in [0.29, 0.717) is 5.56 Å². The van der Waals surface area contributed by atoms with E-state index < -0.39 is 0 Å². The van der Waals surface area contributed by atoms with Crippen molar-refractivity contribution < 1.29 is 9.53 Å².